The normalized spacial score (nSPS) is 17.7. The molecule has 74 valence electrons. The number of benzene rings is 1. The van der Waals surface area contributed by atoms with Crippen molar-refractivity contribution < 1.29 is 8.42 Å². The Morgan fingerprint density at radius 1 is 1.36 bits per heavy atom. The van der Waals surface area contributed by atoms with Crippen molar-refractivity contribution in [2.75, 3.05) is 6.54 Å². The van der Waals surface area contributed by atoms with Crippen LogP contribution in [0.15, 0.2) is 33.0 Å². The van der Waals surface area contributed by atoms with Gasteiger partial charge in [0.25, 0.3) is 0 Å². The van der Waals surface area contributed by atoms with Gasteiger partial charge in [-0.25, -0.2) is 8.42 Å². The quantitative estimate of drug-likeness (QED) is 0.845. The average Bonchev–Trinajstić information content (AvgIpc) is 2.40. The number of hydrogen-bond donors (Lipinski definition) is 1. The molecule has 14 heavy (non-hydrogen) atoms. The SMILES string of the molecule is NCC1=CS(=O)(=O)c2cccc(Br)c21. The molecule has 0 spiro atoms. The Hall–Kier alpha value is -0.650. The van der Waals surface area contributed by atoms with Crippen LogP contribution in [-0.2, 0) is 9.84 Å². The number of sulfone groups is 1. The molecule has 1 aliphatic rings. The van der Waals surface area contributed by atoms with Gasteiger partial charge in [-0.15, -0.1) is 0 Å². The summed E-state index contributed by atoms with van der Waals surface area (Å²) in [5.41, 5.74) is 6.85. The van der Waals surface area contributed by atoms with E-state index in [0.29, 0.717) is 16.0 Å². The molecule has 0 saturated carbocycles. The van der Waals surface area contributed by atoms with E-state index in [2.05, 4.69) is 15.9 Å². The lowest BCUT2D eigenvalue weighted by Gasteiger charge is -2.03. The van der Waals surface area contributed by atoms with Gasteiger partial charge in [0.05, 0.1) is 4.90 Å². The topological polar surface area (TPSA) is 60.2 Å². The highest BCUT2D eigenvalue weighted by Gasteiger charge is 2.27. The first-order valence-corrected chi connectivity index (χ1v) is 6.35. The Kier molecular flexibility index (Phi) is 2.25. The van der Waals surface area contributed by atoms with Crippen molar-refractivity contribution >= 4 is 31.3 Å². The van der Waals surface area contributed by atoms with Gasteiger partial charge in [0, 0.05) is 22.0 Å². The molecule has 0 bridgehead atoms. The second kappa shape index (κ2) is 3.18. The van der Waals surface area contributed by atoms with Crippen molar-refractivity contribution in [3.63, 3.8) is 0 Å². The zero-order valence-corrected chi connectivity index (χ0v) is 9.60. The number of rotatable bonds is 1. The molecule has 3 nitrogen and oxygen atoms in total. The molecule has 1 aromatic rings. The largest absolute Gasteiger partial charge is 0.326 e. The predicted octanol–water partition coefficient (Wildman–Crippen LogP) is 1.54. The van der Waals surface area contributed by atoms with E-state index in [1.165, 1.54) is 5.41 Å². The maximum atomic E-state index is 11.6. The van der Waals surface area contributed by atoms with E-state index in [-0.39, 0.29) is 6.54 Å². The number of halogens is 1. The summed E-state index contributed by atoms with van der Waals surface area (Å²) in [5, 5.41) is 1.24. The molecule has 0 radical (unpaired) electrons. The lowest BCUT2D eigenvalue weighted by Crippen LogP contribution is -2.01. The molecule has 1 aliphatic heterocycles. The predicted molar refractivity (Wildman–Crippen MR) is 58.4 cm³/mol. The molecule has 1 heterocycles. The fourth-order valence-corrected chi connectivity index (χ4v) is 3.77. The third kappa shape index (κ3) is 1.32. The minimum Gasteiger partial charge on any atom is -0.326 e. The van der Waals surface area contributed by atoms with Crippen LogP contribution in [0, 0.1) is 0 Å². The molecule has 1 aromatic carbocycles. The van der Waals surface area contributed by atoms with Gasteiger partial charge in [-0.1, -0.05) is 22.0 Å². The molecule has 0 saturated heterocycles. The molecule has 0 unspecified atom stereocenters. The maximum absolute atomic E-state index is 11.6. The van der Waals surface area contributed by atoms with Crippen LogP contribution in [0.25, 0.3) is 5.57 Å². The Labute approximate surface area is 90.7 Å². The van der Waals surface area contributed by atoms with Crippen LogP contribution in [0.3, 0.4) is 0 Å². The summed E-state index contributed by atoms with van der Waals surface area (Å²) in [4.78, 5) is 0.340. The van der Waals surface area contributed by atoms with E-state index in [1.54, 1.807) is 12.1 Å². The zero-order chi connectivity index (χ0) is 10.3. The molecule has 5 heteroatoms. The van der Waals surface area contributed by atoms with Crippen molar-refractivity contribution in [3.05, 3.63) is 33.6 Å². The van der Waals surface area contributed by atoms with E-state index in [1.807, 2.05) is 6.07 Å². The molecule has 0 atom stereocenters. The minimum atomic E-state index is -3.26. The molecule has 0 aromatic heterocycles. The van der Waals surface area contributed by atoms with Crippen molar-refractivity contribution in [1.29, 1.82) is 0 Å². The van der Waals surface area contributed by atoms with Crippen molar-refractivity contribution in [3.8, 4) is 0 Å². The summed E-state index contributed by atoms with van der Waals surface area (Å²) < 4.78 is 24.0. The Morgan fingerprint density at radius 2 is 2.07 bits per heavy atom. The average molecular weight is 274 g/mol. The van der Waals surface area contributed by atoms with E-state index in [0.717, 1.165) is 4.47 Å². The Morgan fingerprint density at radius 3 is 2.71 bits per heavy atom. The maximum Gasteiger partial charge on any atom is 0.200 e. The molecule has 2 rings (SSSR count). The standard InChI is InChI=1S/C9H8BrNO2S/c10-7-2-1-3-8-9(7)6(4-11)5-14(8,12)13/h1-3,5H,4,11H2. The zero-order valence-electron chi connectivity index (χ0n) is 7.20. The summed E-state index contributed by atoms with van der Waals surface area (Å²) in [5.74, 6) is 0. The number of nitrogens with two attached hydrogens (primary N) is 1. The van der Waals surface area contributed by atoms with Gasteiger partial charge in [-0.3, -0.25) is 0 Å². The molecule has 2 N–H and O–H groups in total. The van der Waals surface area contributed by atoms with Crippen LogP contribution in [0.1, 0.15) is 5.56 Å². The van der Waals surface area contributed by atoms with Gasteiger partial charge in [0.15, 0.2) is 0 Å². The first-order chi connectivity index (χ1) is 6.56. The summed E-state index contributed by atoms with van der Waals surface area (Å²) >= 11 is 3.32. The van der Waals surface area contributed by atoms with Crippen LogP contribution in [-0.4, -0.2) is 15.0 Å². The molecule has 0 aliphatic carbocycles. The number of hydrogen-bond acceptors (Lipinski definition) is 3. The van der Waals surface area contributed by atoms with Gasteiger partial charge < -0.3 is 5.73 Å². The molecule has 0 amide bonds. The summed E-state index contributed by atoms with van der Waals surface area (Å²) in [7, 11) is -3.26. The highest BCUT2D eigenvalue weighted by molar-refractivity contribution is 9.10. The van der Waals surface area contributed by atoms with Crippen LogP contribution in [0.4, 0.5) is 0 Å². The third-order valence-electron chi connectivity index (χ3n) is 2.12. The Balaban J connectivity index is 2.82. The fourth-order valence-electron chi connectivity index (χ4n) is 1.51. The molecule has 0 fully saturated rings. The number of fused-ring (bicyclic) bond motifs is 1. The van der Waals surface area contributed by atoms with Gasteiger partial charge in [0.2, 0.25) is 9.84 Å². The van der Waals surface area contributed by atoms with Gasteiger partial charge in [-0.05, 0) is 17.7 Å². The van der Waals surface area contributed by atoms with E-state index < -0.39 is 9.84 Å². The second-order valence-corrected chi connectivity index (χ2v) is 5.63. The fraction of sp³-hybridized carbons (Fsp3) is 0.111. The van der Waals surface area contributed by atoms with Crippen LogP contribution >= 0.6 is 15.9 Å². The first-order valence-electron chi connectivity index (χ1n) is 4.01. The highest BCUT2D eigenvalue weighted by atomic mass is 79.9. The van der Waals surface area contributed by atoms with Crippen LogP contribution < -0.4 is 5.73 Å². The van der Waals surface area contributed by atoms with E-state index in [4.69, 9.17) is 5.73 Å². The molecular weight excluding hydrogens is 266 g/mol. The Bertz CT molecular complexity index is 520. The smallest absolute Gasteiger partial charge is 0.200 e. The highest BCUT2D eigenvalue weighted by Crippen LogP contribution is 2.37. The lowest BCUT2D eigenvalue weighted by molar-refractivity contribution is 0.605. The van der Waals surface area contributed by atoms with Crippen LogP contribution in [0.2, 0.25) is 0 Å². The summed E-state index contributed by atoms with van der Waals surface area (Å²) in [6, 6.07) is 5.10. The minimum absolute atomic E-state index is 0.231. The monoisotopic (exact) mass is 273 g/mol. The lowest BCUT2D eigenvalue weighted by atomic mass is 10.1. The van der Waals surface area contributed by atoms with Gasteiger partial charge in [0.1, 0.15) is 0 Å². The van der Waals surface area contributed by atoms with Crippen molar-refractivity contribution in [1.82, 2.24) is 0 Å². The van der Waals surface area contributed by atoms with Crippen LogP contribution in [0.5, 0.6) is 0 Å². The van der Waals surface area contributed by atoms with Gasteiger partial charge in [-0.2, -0.15) is 0 Å². The first kappa shape index (κ1) is 9.89. The molecular formula is C9H8BrNO2S. The van der Waals surface area contributed by atoms with Crippen molar-refractivity contribution in [2.45, 2.75) is 4.90 Å². The third-order valence-corrected chi connectivity index (χ3v) is 4.33. The van der Waals surface area contributed by atoms with E-state index >= 15 is 0 Å². The van der Waals surface area contributed by atoms with E-state index in [9.17, 15) is 8.42 Å². The second-order valence-electron chi connectivity index (χ2n) is 3.01. The summed E-state index contributed by atoms with van der Waals surface area (Å²) in [6.45, 7) is 0.231. The van der Waals surface area contributed by atoms with Gasteiger partial charge >= 0.3 is 0 Å². The summed E-state index contributed by atoms with van der Waals surface area (Å²) in [6.07, 6.45) is 0. The van der Waals surface area contributed by atoms with Crippen molar-refractivity contribution in [2.24, 2.45) is 5.73 Å².